The van der Waals surface area contributed by atoms with Gasteiger partial charge in [0.15, 0.2) is 0 Å². The van der Waals surface area contributed by atoms with Gasteiger partial charge >= 0.3 is 0 Å². The van der Waals surface area contributed by atoms with Crippen LogP contribution < -0.4 is 10.1 Å². The fourth-order valence-corrected chi connectivity index (χ4v) is 4.91. The number of nitrogens with one attached hydrogen (secondary N) is 1. The van der Waals surface area contributed by atoms with Gasteiger partial charge in [0, 0.05) is 18.7 Å². The molecule has 156 valence electrons. The third kappa shape index (κ3) is 4.97. The SMILES string of the molecule is Cc1ccc(C)c(OCCNC(=O)c2cc(S(=O)(=O)N3CCCC3)ccc2C)c1. The average molecular weight is 417 g/mol. The van der Waals surface area contributed by atoms with E-state index in [9.17, 15) is 13.2 Å². The van der Waals surface area contributed by atoms with Gasteiger partial charge in [-0.25, -0.2) is 8.42 Å². The number of sulfonamides is 1. The van der Waals surface area contributed by atoms with Crippen LogP contribution in [0.15, 0.2) is 41.3 Å². The van der Waals surface area contributed by atoms with Crippen LogP contribution in [0.25, 0.3) is 0 Å². The summed E-state index contributed by atoms with van der Waals surface area (Å²) in [6.07, 6.45) is 1.75. The van der Waals surface area contributed by atoms with Crippen LogP contribution in [0.2, 0.25) is 0 Å². The number of nitrogens with zero attached hydrogens (tertiary/aromatic N) is 1. The highest BCUT2D eigenvalue weighted by molar-refractivity contribution is 7.89. The first kappa shape index (κ1) is 21.3. The molecule has 1 saturated heterocycles. The van der Waals surface area contributed by atoms with E-state index in [1.54, 1.807) is 19.1 Å². The van der Waals surface area contributed by atoms with E-state index in [-0.39, 0.29) is 10.8 Å². The molecule has 2 aromatic rings. The van der Waals surface area contributed by atoms with Crippen LogP contribution in [0.4, 0.5) is 0 Å². The number of amides is 1. The number of ether oxygens (including phenoxy) is 1. The van der Waals surface area contributed by atoms with Crippen molar-refractivity contribution in [2.24, 2.45) is 0 Å². The highest BCUT2D eigenvalue weighted by Gasteiger charge is 2.28. The zero-order chi connectivity index (χ0) is 21.0. The molecule has 1 aliphatic rings. The van der Waals surface area contributed by atoms with E-state index in [0.29, 0.717) is 31.8 Å². The molecule has 0 radical (unpaired) electrons. The van der Waals surface area contributed by atoms with Crippen molar-refractivity contribution in [2.75, 3.05) is 26.2 Å². The molecule has 1 amide bonds. The molecule has 7 heteroatoms. The molecule has 0 unspecified atom stereocenters. The fraction of sp³-hybridized carbons (Fsp3) is 0.409. The quantitative estimate of drug-likeness (QED) is 0.704. The normalized spacial score (nSPS) is 14.7. The Labute approximate surface area is 172 Å². The zero-order valence-electron chi connectivity index (χ0n) is 17.2. The van der Waals surface area contributed by atoms with Crippen LogP contribution in [0.1, 0.15) is 39.9 Å². The molecule has 1 aliphatic heterocycles. The van der Waals surface area contributed by atoms with Crippen LogP contribution in [0.3, 0.4) is 0 Å². The topological polar surface area (TPSA) is 75.7 Å². The number of hydrogen-bond acceptors (Lipinski definition) is 4. The highest BCUT2D eigenvalue weighted by Crippen LogP contribution is 2.23. The van der Waals surface area contributed by atoms with E-state index in [1.807, 2.05) is 32.0 Å². The van der Waals surface area contributed by atoms with E-state index < -0.39 is 10.0 Å². The van der Waals surface area contributed by atoms with Gasteiger partial charge in [0.25, 0.3) is 5.91 Å². The Morgan fingerprint density at radius 3 is 2.45 bits per heavy atom. The molecule has 0 atom stereocenters. The van der Waals surface area contributed by atoms with Gasteiger partial charge in [-0.2, -0.15) is 4.31 Å². The van der Waals surface area contributed by atoms with Crippen molar-refractivity contribution in [3.63, 3.8) is 0 Å². The molecule has 0 aromatic heterocycles. The number of hydrogen-bond donors (Lipinski definition) is 1. The minimum Gasteiger partial charge on any atom is -0.491 e. The lowest BCUT2D eigenvalue weighted by Gasteiger charge is -2.17. The minimum atomic E-state index is -3.55. The highest BCUT2D eigenvalue weighted by atomic mass is 32.2. The first-order chi connectivity index (χ1) is 13.8. The van der Waals surface area contributed by atoms with Gasteiger partial charge in [0.05, 0.1) is 11.4 Å². The molecule has 6 nitrogen and oxygen atoms in total. The maximum Gasteiger partial charge on any atom is 0.251 e. The lowest BCUT2D eigenvalue weighted by atomic mass is 10.1. The van der Waals surface area contributed by atoms with Gasteiger partial charge in [-0.05, 0) is 68.5 Å². The van der Waals surface area contributed by atoms with Gasteiger partial charge in [-0.15, -0.1) is 0 Å². The van der Waals surface area contributed by atoms with Crippen molar-refractivity contribution in [1.29, 1.82) is 0 Å². The maximum atomic E-state index is 12.8. The Bertz CT molecular complexity index is 996. The smallest absolute Gasteiger partial charge is 0.251 e. The van der Waals surface area contributed by atoms with Crippen molar-refractivity contribution in [2.45, 2.75) is 38.5 Å². The van der Waals surface area contributed by atoms with Crippen LogP contribution >= 0.6 is 0 Å². The maximum absolute atomic E-state index is 12.8. The second-order valence-corrected chi connectivity index (χ2v) is 9.40. The minimum absolute atomic E-state index is 0.168. The number of carbonyl (C=O) groups is 1. The summed E-state index contributed by atoms with van der Waals surface area (Å²) >= 11 is 0. The molecule has 0 spiro atoms. The number of benzene rings is 2. The molecule has 2 aromatic carbocycles. The lowest BCUT2D eigenvalue weighted by Crippen LogP contribution is -2.30. The molecular formula is C22H28N2O4S. The summed E-state index contributed by atoms with van der Waals surface area (Å²) in [6.45, 7) is 7.51. The van der Waals surface area contributed by atoms with E-state index in [1.165, 1.54) is 10.4 Å². The van der Waals surface area contributed by atoms with Crippen molar-refractivity contribution in [3.8, 4) is 5.75 Å². The summed E-state index contributed by atoms with van der Waals surface area (Å²) in [4.78, 5) is 12.8. The molecule has 29 heavy (non-hydrogen) atoms. The van der Waals surface area contributed by atoms with Crippen LogP contribution in [-0.2, 0) is 10.0 Å². The number of rotatable bonds is 7. The summed E-state index contributed by atoms with van der Waals surface area (Å²) in [7, 11) is -3.55. The van der Waals surface area contributed by atoms with Crippen LogP contribution in [0, 0.1) is 20.8 Å². The molecular weight excluding hydrogens is 388 g/mol. The van der Waals surface area contributed by atoms with E-state index in [2.05, 4.69) is 5.32 Å². The standard InChI is InChI=1S/C22H28N2O4S/c1-16-6-7-18(3)21(14-16)28-13-10-23-22(25)20-15-19(9-8-17(20)2)29(26,27)24-11-4-5-12-24/h6-9,14-15H,4-5,10-13H2,1-3H3,(H,23,25). The Hall–Kier alpha value is -2.38. The molecule has 0 aliphatic carbocycles. The monoisotopic (exact) mass is 416 g/mol. The zero-order valence-corrected chi connectivity index (χ0v) is 18.0. The predicted molar refractivity (Wildman–Crippen MR) is 113 cm³/mol. The molecule has 1 heterocycles. The lowest BCUT2D eigenvalue weighted by molar-refractivity contribution is 0.0946. The summed E-state index contributed by atoms with van der Waals surface area (Å²) in [5, 5.41) is 2.82. The van der Waals surface area contributed by atoms with Crippen molar-refractivity contribution in [1.82, 2.24) is 9.62 Å². The fourth-order valence-electron chi connectivity index (χ4n) is 3.37. The third-order valence-electron chi connectivity index (χ3n) is 5.15. The van der Waals surface area contributed by atoms with Gasteiger partial charge in [0.1, 0.15) is 12.4 Å². The summed E-state index contributed by atoms with van der Waals surface area (Å²) in [5.74, 6) is 0.500. The number of carbonyl (C=O) groups excluding carboxylic acids is 1. The second kappa shape index (κ2) is 8.97. The first-order valence-electron chi connectivity index (χ1n) is 9.88. The van der Waals surface area contributed by atoms with Gasteiger partial charge in [-0.3, -0.25) is 4.79 Å². The van der Waals surface area contributed by atoms with Gasteiger partial charge in [-0.1, -0.05) is 18.2 Å². The summed E-state index contributed by atoms with van der Waals surface area (Å²) in [5.41, 5.74) is 3.26. The predicted octanol–water partition coefficient (Wildman–Crippen LogP) is 3.21. The third-order valence-corrected chi connectivity index (χ3v) is 7.04. The molecule has 0 bridgehead atoms. The molecule has 0 saturated carbocycles. The van der Waals surface area contributed by atoms with Gasteiger partial charge < -0.3 is 10.1 Å². The summed E-state index contributed by atoms with van der Waals surface area (Å²) < 4.78 is 32.8. The van der Waals surface area contributed by atoms with Crippen LogP contribution in [0.5, 0.6) is 5.75 Å². The molecule has 3 rings (SSSR count). The summed E-state index contributed by atoms with van der Waals surface area (Å²) in [6, 6.07) is 10.7. The Morgan fingerprint density at radius 1 is 1.03 bits per heavy atom. The second-order valence-electron chi connectivity index (χ2n) is 7.46. The van der Waals surface area contributed by atoms with Crippen molar-refractivity contribution >= 4 is 15.9 Å². The Balaban J connectivity index is 1.64. The van der Waals surface area contributed by atoms with Crippen molar-refractivity contribution < 1.29 is 17.9 Å². The average Bonchev–Trinajstić information content (AvgIpc) is 3.23. The molecule has 1 fully saturated rings. The Kier molecular flexibility index (Phi) is 6.59. The largest absolute Gasteiger partial charge is 0.491 e. The van der Waals surface area contributed by atoms with E-state index in [4.69, 9.17) is 4.74 Å². The van der Waals surface area contributed by atoms with Gasteiger partial charge in [0.2, 0.25) is 10.0 Å². The molecule has 1 N–H and O–H groups in total. The van der Waals surface area contributed by atoms with E-state index in [0.717, 1.165) is 35.3 Å². The van der Waals surface area contributed by atoms with Crippen LogP contribution in [-0.4, -0.2) is 44.9 Å². The Morgan fingerprint density at radius 2 is 1.72 bits per heavy atom. The number of aryl methyl sites for hydroxylation is 3. The van der Waals surface area contributed by atoms with Crippen molar-refractivity contribution in [3.05, 3.63) is 58.7 Å². The van der Waals surface area contributed by atoms with E-state index >= 15 is 0 Å². The first-order valence-corrected chi connectivity index (χ1v) is 11.3.